The first-order valence-corrected chi connectivity index (χ1v) is 5.29. The number of halogens is 3. The van der Waals surface area contributed by atoms with E-state index in [1.807, 2.05) is 0 Å². The van der Waals surface area contributed by atoms with Gasteiger partial charge in [-0.2, -0.15) is 18.3 Å². The second kappa shape index (κ2) is 4.81. The molecule has 1 aromatic carbocycles. The van der Waals surface area contributed by atoms with Gasteiger partial charge in [0.1, 0.15) is 0 Å². The monoisotopic (exact) mass is 256 g/mol. The summed E-state index contributed by atoms with van der Waals surface area (Å²) in [5.74, 6) is 0. The van der Waals surface area contributed by atoms with E-state index in [1.54, 1.807) is 6.07 Å². The molecule has 2 rings (SSSR count). The summed E-state index contributed by atoms with van der Waals surface area (Å²) in [5, 5.41) is 15.4. The molecular formula is C12H11F3N2O. The zero-order valence-electron chi connectivity index (χ0n) is 9.33. The first-order chi connectivity index (χ1) is 8.49. The Kier molecular flexibility index (Phi) is 3.38. The molecular weight excluding hydrogens is 245 g/mol. The maximum absolute atomic E-state index is 12.4. The highest BCUT2D eigenvalue weighted by Crippen LogP contribution is 2.29. The van der Waals surface area contributed by atoms with Crippen LogP contribution >= 0.6 is 0 Å². The van der Waals surface area contributed by atoms with E-state index in [1.165, 1.54) is 12.1 Å². The highest BCUT2D eigenvalue weighted by Gasteiger charge is 2.29. The molecule has 0 aliphatic rings. The zero-order valence-corrected chi connectivity index (χ0v) is 9.33. The van der Waals surface area contributed by atoms with Crippen LogP contribution in [-0.4, -0.2) is 15.3 Å². The van der Waals surface area contributed by atoms with E-state index >= 15 is 0 Å². The Morgan fingerprint density at radius 1 is 1.17 bits per heavy atom. The molecule has 3 nitrogen and oxygen atoms in total. The van der Waals surface area contributed by atoms with Crippen molar-refractivity contribution < 1.29 is 18.3 Å². The number of aromatic nitrogens is 2. The lowest BCUT2D eigenvalue weighted by Crippen LogP contribution is -2.04. The zero-order chi connectivity index (χ0) is 13.2. The first-order valence-electron chi connectivity index (χ1n) is 5.29. The fraction of sp³-hybridized carbons (Fsp3) is 0.250. The number of hydrogen-bond donors (Lipinski definition) is 2. The number of nitrogens with zero attached hydrogens (tertiary/aromatic N) is 1. The molecule has 0 fully saturated rings. The summed E-state index contributed by atoms with van der Waals surface area (Å²) in [6.07, 6.45) is -3.86. The van der Waals surface area contributed by atoms with Gasteiger partial charge in [-0.1, -0.05) is 12.1 Å². The standard InChI is InChI=1S/C12H11F3N2O/c13-12(14,15)9-3-1-8(2-4-9)5-10-6-11(7-18)17-16-10/h1-4,6,18H,5,7H2,(H,16,17). The molecule has 0 aliphatic carbocycles. The minimum atomic E-state index is -4.31. The number of benzene rings is 1. The molecule has 0 bridgehead atoms. The maximum Gasteiger partial charge on any atom is 0.416 e. The average Bonchev–Trinajstić information content (AvgIpc) is 2.76. The molecule has 0 aliphatic heterocycles. The lowest BCUT2D eigenvalue weighted by Gasteiger charge is -2.06. The summed E-state index contributed by atoms with van der Waals surface area (Å²) in [6.45, 7) is -0.163. The molecule has 6 heteroatoms. The van der Waals surface area contributed by atoms with E-state index in [4.69, 9.17) is 5.11 Å². The molecule has 0 radical (unpaired) electrons. The summed E-state index contributed by atoms with van der Waals surface area (Å²) in [5.41, 5.74) is 1.35. The summed E-state index contributed by atoms with van der Waals surface area (Å²) >= 11 is 0. The molecule has 1 aromatic heterocycles. The van der Waals surface area contributed by atoms with Crippen LogP contribution in [0.5, 0.6) is 0 Å². The number of rotatable bonds is 3. The molecule has 0 spiro atoms. The lowest BCUT2D eigenvalue weighted by molar-refractivity contribution is -0.137. The molecule has 2 N–H and O–H groups in total. The van der Waals surface area contributed by atoms with Gasteiger partial charge in [0.25, 0.3) is 0 Å². The Bertz CT molecular complexity index is 517. The molecule has 0 saturated carbocycles. The van der Waals surface area contributed by atoms with E-state index in [0.717, 1.165) is 23.4 Å². The third kappa shape index (κ3) is 2.89. The van der Waals surface area contributed by atoms with Crippen molar-refractivity contribution in [2.24, 2.45) is 0 Å². The van der Waals surface area contributed by atoms with Crippen molar-refractivity contribution in [3.63, 3.8) is 0 Å². The predicted octanol–water partition coefficient (Wildman–Crippen LogP) is 2.51. The highest BCUT2D eigenvalue weighted by molar-refractivity contribution is 5.27. The third-order valence-electron chi connectivity index (χ3n) is 2.52. The average molecular weight is 256 g/mol. The van der Waals surface area contributed by atoms with Crippen LogP contribution in [0.1, 0.15) is 22.5 Å². The van der Waals surface area contributed by atoms with Gasteiger partial charge in [-0.25, -0.2) is 0 Å². The minimum absolute atomic E-state index is 0.163. The van der Waals surface area contributed by atoms with Crippen molar-refractivity contribution >= 4 is 0 Å². The third-order valence-corrected chi connectivity index (χ3v) is 2.52. The van der Waals surface area contributed by atoms with Crippen molar-refractivity contribution in [1.82, 2.24) is 10.2 Å². The molecule has 0 saturated heterocycles. The van der Waals surface area contributed by atoms with Crippen molar-refractivity contribution in [3.05, 3.63) is 52.8 Å². The van der Waals surface area contributed by atoms with Crippen molar-refractivity contribution in [2.45, 2.75) is 19.2 Å². The molecule has 18 heavy (non-hydrogen) atoms. The minimum Gasteiger partial charge on any atom is -0.390 e. The number of aliphatic hydroxyl groups is 1. The van der Waals surface area contributed by atoms with E-state index < -0.39 is 11.7 Å². The largest absolute Gasteiger partial charge is 0.416 e. The van der Waals surface area contributed by atoms with Gasteiger partial charge in [0.15, 0.2) is 0 Å². The quantitative estimate of drug-likeness (QED) is 0.886. The Labute approximate surface area is 101 Å². The Hall–Kier alpha value is -1.82. The van der Waals surface area contributed by atoms with Gasteiger partial charge in [0.2, 0.25) is 0 Å². The van der Waals surface area contributed by atoms with Gasteiger partial charge < -0.3 is 5.11 Å². The number of hydrogen-bond acceptors (Lipinski definition) is 2. The van der Waals surface area contributed by atoms with Crippen LogP contribution in [0.15, 0.2) is 30.3 Å². The molecule has 0 atom stereocenters. The lowest BCUT2D eigenvalue weighted by atomic mass is 10.1. The summed E-state index contributed by atoms with van der Waals surface area (Å²) < 4.78 is 37.1. The van der Waals surface area contributed by atoms with E-state index in [2.05, 4.69) is 10.2 Å². The Morgan fingerprint density at radius 2 is 1.83 bits per heavy atom. The number of alkyl halides is 3. The molecule has 2 aromatic rings. The van der Waals surface area contributed by atoms with Crippen molar-refractivity contribution in [2.75, 3.05) is 0 Å². The van der Waals surface area contributed by atoms with Gasteiger partial charge >= 0.3 is 6.18 Å². The first kappa shape index (κ1) is 12.6. The molecule has 96 valence electrons. The topological polar surface area (TPSA) is 48.9 Å². The van der Waals surface area contributed by atoms with Crippen LogP contribution in [0.4, 0.5) is 13.2 Å². The van der Waals surface area contributed by atoms with E-state index in [-0.39, 0.29) is 6.61 Å². The van der Waals surface area contributed by atoms with Gasteiger partial charge in [-0.05, 0) is 23.8 Å². The second-order valence-corrected chi connectivity index (χ2v) is 3.91. The normalized spacial score (nSPS) is 11.8. The smallest absolute Gasteiger partial charge is 0.390 e. The van der Waals surface area contributed by atoms with Crippen LogP contribution in [0.25, 0.3) is 0 Å². The fourth-order valence-electron chi connectivity index (χ4n) is 1.61. The van der Waals surface area contributed by atoms with E-state index in [9.17, 15) is 13.2 Å². The molecule has 1 heterocycles. The van der Waals surface area contributed by atoms with Crippen LogP contribution in [0.3, 0.4) is 0 Å². The molecule has 0 unspecified atom stereocenters. The van der Waals surface area contributed by atoms with Crippen LogP contribution in [0.2, 0.25) is 0 Å². The Balaban J connectivity index is 2.11. The highest BCUT2D eigenvalue weighted by atomic mass is 19.4. The number of aromatic amines is 1. The predicted molar refractivity (Wildman–Crippen MR) is 58.8 cm³/mol. The summed E-state index contributed by atoms with van der Waals surface area (Å²) in [4.78, 5) is 0. The SMILES string of the molecule is OCc1cc(Cc2ccc(C(F)(F)F)cc2)[nH]n1. The number of aliphatic hydroxyl groups excluding tert-OH is 1. The summed E-state index contributed by atoms with van der Waals surface area (Å²) in [7, 11) is 0. The van der Waals surface area contributed by atoms with Gasteiger partial charge in [-0.15, -0.1) is 0 Å². The number of nitrogens with one attached hydrogen (secondary N) is 1. The van der Waals surface area contributed by atoms with Crippen molar-refractivity contribution in [1.29, 1.82) is 0 Å². The van der Waals surface area contributed by atoms with Gasteiger partial charge in [0, 0.05) is 12.1 Å². The van der Waals surface area contributed by atoms with E-state index in [0.29, 0.717) is 12.1 Å². The Morgan fingerprint density at radius 3 is 2.33 bits per heavy atom. The van der Waals surface area contributed by atoms with Gasteiger partial charge in [-0.3, -0.25) is 5.10 Å². The van der Waals surface area contributed by atoms with Crippen molar-refractivity contribution in [3.8, 4) is 0 Å². The second-order valence-electron chi connectivity index (χ2n) is 3.91. The van der Waals surface area contributed by atoms with Crippen LogP contribution < -0.4 is 0 Å². The molecule has 0 amide bonds. The van der Waals surface area contributed by atoms with Gasteiger partial charge in [0.05, 0.1) is 17.9 Å². The maximum atomic E-state index is 12.4. The summed E-state index contributed by atoms with van der Waals surface area (Å²) in [6, 6.07) is 6.65. The van der Waals surface area contributed by atoms with Crippen LogP contribution in [-0.2, 0) is 19.2 Å². The van der Waals surface area contributed by atoms with Crippen LogP contribution in [0, 0.1) is 0 Å². The fourth-order valence-corrected chi connectivity index (χ4v) is 1.61. The number of H-pyrrole nitrogens is 1.